The van der Waals surface area contributed by atoms with Crippen LogP contribution >= 0.6 is 0 Å². The van der Waals surface area contributed by atoms with E-state index in [1.54, 1.807) is 0 Å². The van der Waals surface area contributed by atoms with Gasteiger partial charge in [-0.25, -0.2) is 9.97 Å². The molecule has 0 N–H and O–H groups in total. The van der Waals surface area contributed by atoms with Gasteiger partial charge in [0.05, 0.1) is 29.7 Å². The standard InChI is InChI=1S/C23H21N5O/c1-16(27-11-10-24-14-27)13-28-15-25-22(18-6-4-3-5-7-18)23(28)19-8-9-21-20(12-19)17(2)26-29-21/h3-12,14-16H,13H2,1-2H3/t16-/m1/s1. The quantitative estimate of drug-likeness (QED) is 0.422. The molecular weight excluding hydrogens is 362 g/mol. The van der Waals surface area contributed by atoms with Crippen molar-refractivity contribution in [2.45, 2.75) is 26.4 Å². The highest BCUT2D eigenvalue weighted by molar-refractivity contribution is 5.87. The van der Waals surface area contributed by atoms with Crippen LogP contribution in [0.15, 0.2) is 78.1 Å². The Labute approximate surface area is 168 Å². The number of imidazole rings is 2. The molecule has 0 radical (unpaired) electrons. The summed E-state index contributed by atoms with van der Waals surface area (Å²) >= 11 is 0. The van der Waals surface area contributed by atoms with Gasteiger partial charge >= 0.3 is 0 Å². The molecule has 1 atom stereocenters. The molecule has 0 aliphatic rings. The number of aromatic nitrogens is 5. The molecular formula is C23H21N5O. The topological polar surface area (TPSA) is 61.7 Å². The van der Waals surface area contributed by atoms with Crippen LogP contribution in [0.4, 0.5) is 0 Å². The Morgan fingerprint density at radius 2 is 1.90 bits per heavy atom. The number of benzene rings is 2. The normalized spacial score (nSPS) is 12.5. The van der Waals surface area contributed by atoms with Gasteiger partial charge in [-0.05, 0) is 32.0 Å². The average molecular weight is 383 g/mol. The first kappa shape index (κ1) is 17.4. The molecule has 5 aromatic rings. The van der Waals surface area contributed by atoms with E-state index in [4.69, 9.17) is 9.51 Å². The predicted molar refractivity (Wildman–Crippen MR) is 112 cm³/mol. The fraction of sp³-hybridized carbons (Fsp3) is 0.174. The van der Waals surface area contributed by atoms with Gasteiger partial charge in [0.2, 0.25) is 0 Å². The van der Waals surface area contributed by atoms with Crippen molar-refractivity contribution in [3.8, 4) is 22.5 Å². The molecule has 0 aliphatic heterocycles. The van der Waals surface area contributed by atoms with Crippen molar-refractivity contribution in [1.82, 2.24) is 24.3 Å². The molecule has 0 unspecified atom stereocenters. The average Bonchev–Trinajstić information content (AvgIpc) is 3.49. The third-order valence-electron chi connectivity index (χ3n) is 5.30. The van der Waals surface area contributed by atoms with Crippen LogP contribution in [-0.2, 0) is 6.54 Å². The van der Waals surface area contributed by atoms with Crippen LogP contribution in [0, 0.1) is 6.92 Å². The summed E-state index contributed by atoms with van der Waals surface area (Å²) < 4.78 is 9.73. The molecule has 29 heavy (non-hydrogen) atoms. The molecule has 3 heterocycles. The maximum absolute atomic E-state index is 5.40. The van der Waals surface area contributed by atoms with Gasteiger partial charge in [0, 0.05) is 41.5 Å². The molecule has 3 aromatic heterocycles. The van der Waals surface area contributed by atoms with Gasteiger partial charge in [-0.15, -0.1) is 0 Å². The van der Waals surface area contributed by atoms with E-state index in [1.165, 1.54) is 0 Å². The van der Waals surface area contributed by atoms with E-state index in [2.05, 4.69) is 50.5 Å². The summed E-state index contributed by atoms with van der Waals surface area (Å²) in [6.07, 6.45) is 7.58. The number of hydrogen-bond donors (Lipinski definition) is 0. The summed E-state index contributed by atoms with van der Waals surface area (Å²) in [7, 11) is 0. The van der Waals surface area contributed by atoms with Crippen molar-refractivity contribution in [3.63, 3.8) is 0 Å². The number of hydrogen-bond acceptors (Lipinski definition) is 4. The Morgan fingerprint density at radius 3 is 2.69 bits per heavy atom. The van der Waals surface area contributed by atoms with E-state index >= 15 is 0 Å². The first-order valence-corrected chi connectivity index (χ1v) is 9.65. The fourth-order valence-electron chi connectivity index (χ4n) is 3.75. The van der Waals surface area contributed by atoms with Gasteiger partial charge in [0.1, 0.15) is 0 Å². The summed E-state index contributed by atoms with van der Waals surface area (Å²) in [4.78, 5) is 8.96. The number of rotatable bonds is 5. The second-order valence-electron chi connectivity index (χ2n) is 7.30. The molecule has 0 spiro atoms. The Balaban J connectivity index is 1.65. The van der Waals surface area contributed by atoms with E-state index in [0.717, 1.165) is 45.7 Å². The van der Waals surface area contributed by atoms with E-state index in [1.807, 2.05) is 56.2 Å². The summed E-state index contributed by atoms with van der Waals surface area (Å²) in [6, 6.07) is 16.7. The van der Waals surface area contributed by atoms with Gasteiger partial charge in [-0.1, -0.05) is 35.5 Å². The zero-order valence-corrected chi connectivity index (χ0v) is 16.4. The zero-order valence-electron chi connectivity index (χ0n) is 16.4. The molecule has 5 rings (SSSR count). The van der Waals surface area contributed by atoms with Crippen molar-refractivity contribution in [1.29, 1.82) is 0 Å². The predicted octanol–water partition coefficient (Wildman–Crippen LogP) is 5.12. The summed E-state index contributed by atoms with van der Waals surface area (Å²) in [5, 5.41) is 5.12. The first-order valence-electron chi connectivity index (χ1n) is 9.65. The Bertz CT molecular complexity index is 1250. The van der Waals surface area contributed by atoms with E-state index in [-0.39, 0.29) is 6.04 Å². The SMILES string of the molecule is Cc1noc2ccc(-c3c(-c4ccccc4)ncn3C[C@@H](C)n3ccnc3)cc12. The lowest BCUT2D eigenvalue weighted by Crippen LogP contribution is -2.12. The van der Waals surface area contributed by atoms with Crippen LogP contribution < -0.4 is 0 Å². The Kier molecular flexibility index (Phi) is 4.24. The third kappa shape index (κ3) is 3.12. The van der Waals surface area contributed by atoms with E-state index < -0.39 is 0 Å². The number of aryl methyl sites for hydroxylation is 1. The van der Waals surface area contributed by atoms with Gasteiger partial charge in [0.15, 0.2) is 5.58 Å². The monoisotopic (exact) mass is 383 g/mol. The van der Waals surface area contributed by atoms with Gasteiger partial charge in [0.25, 0.3) is 0 Å². The summed E-state index contributed by atoms with van der Waals surface area (Å²) in [5.41, 5.74) is 5.94. The van der Waals surface area contributed by atoms with Crippen molar-refractivity contribution in [2.75, 3.05) is 0 Å². The third-order valence-corrected chi connectivity index (χ3v) is 5.30. The number of fused-ring (bicyclic) bond motifs is 1. The lowest BCUT2D eigenvalue weighted by Gasteiger charge is -2.17. The largest absolute Gasteiger partial charge is 0.356 e. The van der Waals surface area contributed by atoms with E-state index in [9.17, 15) is 0 Å². The zero-order chi connectivity index (χ0) is 19.8. The minimum atomic E-state index is 0.245. The van der Waals surface area contributed by atoms with Crippen LogP contribution in [0.25, 0.3) is 33.5 Å². The number of nitrogens with zero attached hydrogens (tertiary/aromatic N) is 5. The maximum Gasteiger partial charge on any atom is 0.167 e. The smallest absolute Gasteiger partial charge is 0.167 e. The second-order valence-corrected chi connectivity index (χ2v) is 7.30. The Morgan fingerprint density at radius 1 is 1.03 bits per heavy atom. The van der Waals surface area contributed by atoms with Crippen LogP contribution in [0.2, 0.25) is 0 Å². The van der Waals surface area contributed by atoms with Crippen molar-refractivity contribution >= 4 is 11.0 Å². The van der Waals surface area contributed by atoms with E-state index in [0.29, 0.717) is 0 Å². The van der Waals surface area contributed by atoms with Crippen molar-refractivity contribution < 1.29 is 4.52 Å². The molecule has 0 amide bonds. The molecule has 0 bridgehead atoms. The van der Waals surface area contributed by atoms with Gasteiger partial charge in [-0.3, -0.25) is 0 Å². The lowest BCUT2D eigenvalue weighted by molar-refractivity contribution is 0.450. The summed E-state index contributed by atoms with van der Waals surface area (Å²) in [5.74, 6) is 0. The molecule has 0 aliphatic carbocycles. The highest BCUT2D eigenvalue weighted by Crippen LogP contribution is 2.34. The second kappa shape index (κ2) is 7.05. The molecule has 6 heteroatoms. The van der Waals surface area contributed by atoms with Crippen LogP contribution in [0.1, 0.15) is 18.7 Å². The van der Waals surface area contributed by atoms with Crippen molar-refractivity contribution in [2.24, 2.45) is 0 Å². The lowest BCUT2D eigenvalue weighted by atomic mass is 10.0. The minimum Gasteiger partial charge on any atom is -0.356 e. The summed E-state index contributed by atoms with van der Waals surface area (Å²) in [6.45, 7) is 4.93. The molecule has 0 saturated carbocycles. The van der Waals surface area contributed by atoms with Crippen molar-refractivity contribution in [3.05, 3.63) is 79.3 Å². The molecule has 0 fully saturated rings. The first-order chi connectivity index (χ1) is 14.2. The minimum absolute atomic E-state index is 0.245. The van der Waals surface area contributed by atoms with Crippen LogP contribution in [0.3, 0.4) is 0 Å². The van der Waals surface area contributed by atoms with Crippen LogP contribution in [0.5, 0.6) is 0 Å². The highest BCUT2D eigenvalue weighted by atomic mass is 16.5. The molecule has 144 valence electrons. The Hall–Kier alpha value is -3.67. The van der Waals surface area contributed by atoms with Gasteiger partial charge in [-0.2, -0.15) is 0 Å². The van der Waals surface area contributed by atoms with Gasteiger partial charge < -0.3 is 13.7 Å². The molecule has 2 aromatic carbocycles. The maximum atomic E-state index is 5.40. The molecule has 6 nitrogen and oxygen atoms in total. The molecule has 0 saturated heterocycles. The highest BCUT2D eigenvalue weighted by Gasteiger charge is 2.18. The van der Waals surface area contributed by atoms with Crippen LogP contribution in [-0.4, -0.2) is 24.3 Å². The fourth-order valence-corrected chi connectivity index (χ4v) is 3.75.